The average Bonchev–Trinajstić information content (AvgIpc) is 4.10. The minimum Gasteiger partial charge on any atom is -0.488 e. The van der Waals surface area contributed by atoms with Crippen molar-refractivity contribution in [3.63, 3.8) is 0 Å². The number of carbonyl (C=O) groups is 4. The number of carbonyl (C=O) groups excluding carboxylic acids is 4. The Morgan fingerprint density at radius 3 is 2.33 bits per heavy atom. The number of aliphatic hydroxyl groups is 2. The molecular formula is C55H80N2O12. The van der Waals surface area contributed by atoms with Crippen LogP contribution in [0.15, 0.2) is 53.8 Å². The van der Waals surface area contributed by atoms with Crippen molar-refractivity contribution in [2.45, 2.75) is 193 Å². The Balaban J connectivity index is 1.16. The van der Waals surface area contributed by atoms with Crippen LogP contribution in [-0.4, -0.2) is 125 Å². The second-order valence-electron chi connectivity index (χ2n) is 21.1. The van der Waals surface area contributed by atoms with E-state index in [1.807, 2.05) is 39.8 Å². The molecule has 14 atom stereocenters. The zero-order valence-corrected chi connectivity index (χ0v) is 42.6. The smallest absolute Gasteiger partial charge is 0.329 e. The number of Topliss-reactive ketones (excluding diaryl/α,β-unsaturated/α-hetero) is 2. The molecule has 0 spiro atoms. The number of fused-ring (bicyclic) bond motifs is 4. The fourth-order valence-electron chi connectivity index (χ4n) is 11.7. The summed E-state index contributed by atoms with van der Waals surface area (Å²) < 4.78 is 39.9. The van der Waals surface area contributed by atoms with Crippen molar-refractivity contribution in [2.75, 3.05) is 27.4 Å². The largest absolute Gasteiger partial charge is 0.488 e. The molecule has 4 fully saturated rings. The maximum Gasteiger partial charge on any atom is 0.329 e. The number of hydrogen-bond acceptors (Lipinski definition) is 12. The first kappa shape index (κ1) is 52.9. The maximum absolute atomic E-state index is 14.6. The molecule has 2 N–H and O–H groups in total. The fraction of sp³-hybridized carbons (Fsp3) is 0.709. The van der Waals surface area contributed by atoms with Crippen molar-refractivity contribution in [3.05, 3.63) is 53.8 Å². The minimum absolute atomic E-state index is 0.0223. The standard InChI is InChI=1S/C55H80N2O12/c1-10-38-25-32(3)24-33(4)26-48(64-8)51-49(65-9)28-35(6)55(63,69-51)52(60)53(61)57-22-13-12-14-43(57)54(62)68-50(36(7)44(58)31-45(38)59)34(5)27-37-15-20-46(47(29-37)66-11-2)67-41-18-19-42-39(30-41)21-23-56(42)40-16-17-40/h18-19,21,23,25,27,30,33,35-38,40,43-44,46-51,58,63H,10-17,20,22,24,26,28-29,31H2,1-9H3/b32-25+,34-27?. The predicted octanol–water partition coefficient (Wildman–Crippen LogP) is 8.24. The summed E-state index contributed by atoms with van der Waals surface area (Å²) in [6.07, 6.45) is 9.37. The molecule has 3 aliphatic heterocycles. The molecule has 14 heteroatoms. The van der Waals surface area contributed by atoms with Gasteiger partial charge in [-0.15, -0.1) is 0 Å². The molecular weight excluding hydrogens is 881 g/mol. The number of cyclic esters (lactones) is 1. The summed E-state index contributed by atoms with van der Waals surface area (Å²) >= 11 is 0. The highest BCUT2D eigenvalue weighted by Gasteiger charge is 2.56. The maximum atomic E-state index is 14.6. The van der Waals surface area contributed by atoms with E-state index >= 15 is 0 Å². The van der Waals surface area contributed by atoms with E-state index in [9.17, 15) is 29.4 Å². The second-order valence-corrected chi connectivity index (χ2v) is 21.1. The molecule has 14 nitrogen and oxygen atoms in total. The van der Waals surface area contributed by atoms with Gasteiger partial charge in [-0.2, -0.15) is 0 Å². The highest BCUT2D eigenvalue weighted by atomic mass is 16.7. The Morgan fingerprint density at radius 2 is 1.64 bits per heavy atom. The van der Waals surface area contributed by atoms with Crippen LogP contribution in [0.2, 0.25) is 0 Å². The predicted molar refractivity (Wildman–Crippen MR) is 261 cm³/mol. The first-order valence-electron chi connectivity index (χ1n) is 26.0. The molecule has 5 aliphatic rings. The van der Waals surface area contributed by atoms with E-state index < -0.39 is 77.8 Å². The highest BCUT2D eigenvalue weighted by Crippen LogP contribution is 2.41. The van der Waals surface area contributed by atoms with Gasteiger partial charge in [0, 0.05) is 74.7 Å². The summed E-state index contributed by atoms with van der Waals surface area (Å²) in [6, 6.07) is 7.89. The molecule has 2 saturated heterocycles. The monoisotopic (exact) mass is 961 g/mol. The van der Waals surface area contributed by atoms with Gasteiger partial charge in [0.2, 0.25) is 5.79 Å². The third-order valence-electron chi connectivity index (χ3n) is 15.9. The number of methoxy groups -OCH3 is 2. The summed E-state index contributed by atoms with van der Waals surface area (Å²) in [4.78, 5) is 58.7. The Hall–Kier alpha value is -3.92. The molecule has 69 heavy (non-hydrogen) atoms. The first-order chi connectivity index (χ1) is 33.0. The molecule has 1 aromatic heterocycles. The third-order valence-corrected chi connectivity index (χ3v) is 15.9. The number of aromatic nitrogens is 1. The molecule has 1 aromatic carbocycles. The topological polar surface area (TPSA) is 172 Å². The van der Waals surface area contributed by atoms with E-state index in [2.05, 4.69) is 42.0 Å². The number of piperidine rings is 1. The van der Waals surface area contributed by atoms with E-state index in [0.29, 0.717) is 56.7 Å². The summed E-state index contributed by atoms with van der Waals surface area (Å²) in [7, 11) is 3.09. The van der Waals surface area contributed by atoms with Gasteiger partial charge in [-0.3, -0.25) is 14.4 Å². The van der Waals surface area contributed by atoms with Crippen LogP contribution in [0.5, 0.6) is 5.75 Å². The number of allylic oxidation sites excluding steroid dienone is 3. The Kier molecular flexibility index (Phi) is 17.7. The van der Waals surface area contributed by atoms with Gasteiger partial charge in [0.15, 0.2) is 0 Å². The lowest BCUT2D eigenvalue weighted by Crippen LogP contribution is -2.64. The lowest BCUT2D eigenvalue weighted by Gasteiger charge is -2.47. The molecule has 0 radical (unpaired) electrons. The number of esters is 1. The van der Waals surface area contributed by atoms with E-state index in [0.717, 1.165) is 29.6 Å². The van der Waals surface area contributed by atoms with Gasteiger partial charge in [-0.1, -0.05) is 45.4 Å². The van der Waals surface area contributed by atoms with E-state index in [4.69, 9.17) is 28.4 Å². The molecule has 14 unspecified atom stereocenters. The summed E-state index contributed by atoms with van der Waals surface area (Å²) in [5.74, 6) is -6.65. The van der Waals surface area contributed by atoms with Crippen LogP contribution in [0.3, 0.4) is 0 Å². The number of benzene rings is 1. The Labute approximate surface area is 409 Å². The van der Waals surface area contributed by atoms with Crippen molar-refractivity contribution in [1.29, 1.82) is 0 Å². The highest BCUT2D eigenvalue weighted by molar-refractivity contribution is 6.39. The van der Waals surface area contributed by atoms with Crippen LogP contribution in [0.1, 0.15) is 138 Å². The molecule has 7 rings (SSSR count). The van der Waals surface area contributed by atoms with Gasteiger partial charge in [-0.25, -0.2) is 4.79 Å². The number of hydrogen-bond donors (Lipinski definition) is 2. The summed E-state index contributed by atoms with van der Waals surface area (Å²) in [6.45, 7) is 13.9. The van der Waals surface area contributed by atoms with E-state index in [1.165, 1.54) is 23.3 Å². The SMILES string of the molecule is CCOC1CC(C=C(C)C2OC(=O)C3CCCCN3C(=O)C(=O)C3(O)OC(C(OC)CC(C)C/C(C)=C/C(CC)C(=O)CC(O)C2C)C(OC)CC3C)CCC1Oc1ccc2c(ccn2C2CC2)c1. The van der Waals surface area contributed by atoms with Gasteiger partial charge in [0.05, 0.1) is 24.4 Å². The fourth-order valence-corrected chi connectivity index (χ4v) is 11.7. The normalized spacial score (nSPS) is 37.1. The van der Waals surface area contributed by atoms with Gasteiger partial charge in [0.1, 0.15) is 35.9 Å². The van der Waals surface area contributed by atoms with Crippen molar-refractivity contribution in [1.82, 2.24) is 9.47 Å². The second kappa shape index (κ2) is 23.1. The average molecular weight is 961 g/mol. The van der Waals surface area contributed by atoms with Crippen LogP contribution >= 0.6 is 0 Å². The van der Waals surface area contributed by atoms with E-state index in [1.54, 1.807) is 28.1 Å². The van der Waals surface area contributed by atoms with Crippen LogP contribution in [-0.2, 0) is 42.9 Å². The molecule has 2 saturated carbocycles. The van der Waals surface area contributed by atoms with Gasteiger partial charge in [-0.05, 0) is 139 Å². The summed E-state index contributed by atoms with van der Waals surface area (Å²) in [5.41, 5.74) is 2.92. The zero-order chi connectivity index (χ0) is 49.7. The molecule has 2 bridgehead atoms. The molecule has 4 heterocycles. The number of ether oxygens (including phenoxy) is 6. The molecule has 1 amide bonds. The van der Waals surface area contributed by atoms with Gasteiger partial charge in [0.25, 0.3) is 11.7 Å². The summed E-state index contributed by atoms with van der Waals surface area (Å²) in [5, 5.41) is 25.2. The molecule has 2 aromatic rings. The van der Waals surface area contributed by atoms with Crippen LogP contribution in [0, 0.1) is 29.6 Å². The quantitative estimate of drug-likeness (QED) is 0.133. The minimum atomic E-state index is -2.51. The number of ketones is 2. The van der Waals surface area contributed by atoms with Crippen LogP contribution in [0.4, 0.5) is 0 Å². The van der Waals surface area contributed by atoms with Gasteiger partial charge < -0.3 is 48.1 Å². The molecule has 2 aliphatic carbocycles. The Bertz CT molecular complexity index is 2180. The number of amides is 1. The lowest BCUT2D eigenvalue weighted by atomic mass is 9.81. The van der Waals surface area contributed by atoms with Gasteiger partial charge >= 0.3 is 5.97 Å². The molecule has 382 valence electrons. The van der Waals surface area contributed by atoms with Crippen LogP contribution in [0.25, 0.3) is 10.9 Å². The first-order valence-corrected chi connectivity index (χ1v) is 26.0. The van der Waals surface area contributed by atoms with Crippen molar-refractivity contribution >= 4 is 34.3 Å². The number of rotatable bonds is 10. The third kappa shape index (κ3) is 12.1. The number of aliphatic hydroxyl groups excluding tert-OH is 1. The van der Waals surface area contributed by atoms with Crippen molar-refractivity contribution in [2.24, 2.45) is 29.6 Å². The number of nitrogens with zero attached hydrogens (tertiary/aromatic N) is 2. The van der Waals surface area contributed by atoms with Crippen LogP contribution < -0.4 is 4.74 Å². The lowest BCUT2D eigenvalue weighted by molar-refractivity contribution is -0.302. The van der Waals surface area contributed by atoms with Crippen molar-refractivity contribution in [3.8, 4) is 5.75 Å². The zero-order valence-electron chi connectivity index (χ0n) is 42.6. The van der Waals surface area contributed by atoms with Crippen molar-refractivity contribution < 1.29 is 57.8 Å². The Morgan fingerprint density at radius 1 is 0.899 bits per heavy atom. The van der Waals surface area contributed by atoms with E-state index in [-0.39, 0.29) is 55.6 Å².